The molecule has 1 saturated heterocycles. The van der Waals surface area contributed by atoms with Crippen LogP contribution in [-0.4, -0.2) is 42.7 Å². The van der Waals surface area contributed by atoms with E-state index in [1.807, 2.05) is 18.2 Å². The molecule has 0 spiro atoms. The Balaban J connectivity index is 1.83. The zero-order valence-corrected chi connectivity index (χ0v) is 13.3. The number of nitrogens with one attached hydrogen (secondary N) is 1. The predicted molar refractivity (Wildman–Crippen MR) is 86.6 cm³/mol. The third kappa shape index (κ3) is 3.22. The van der Waals surface area contributed by atoms with Crippen molar-refractivity contribution in [3.63, 3.8) is 0 Å². The van der Waals surface area contributed by atoms with E-state index < -0.39 is 0 Å². The lowest BCUT2D eigenvalue weighted by Gasteiger charge is -2.20. The summed E-state index contributed by atoms with van der Waals surface area (Å²) in [7, 11) is 3.28. The number of aromatic nitrogens is 1. The lowest BCUT2D eigenvalue weighted by atomic mass is 10.1. The fraction of sp³-hybridized carbons (Fsp3) is 0.412. The van der Waals surface area contributed by atoms with Crippen molar-refractivity contribution < 1.29 is 14.3 Å². The number of hydrogen-bond acceptors (Lipinski definition) is 4. The Labute approximate surface area is 134 Å². The highest BCUT2D eigenvalue weighted by Gasteiger charge is 2.26. The lowest BCUT2D eigenvalue weighted by Crippen LogP contribution is -2.36. The van der Waals surface area contributed by atoms with Crippen LogP contribution >= 0.6 is 0 Å². The highest BCUT2D eigenvalue weighted by molar-refractivity contribution is 5.82. The molecule has 23 heavy (non-hydrogen) atoms. The van der Waals surface area contributed by atoms with Gasteiger partial charge in [0.25, 0.3) is 11.5 Å². The molecule has 2 heterocycles. The normalized spacial score (nSPS) is 17.4. The number of amides is 1. The fourth-order valence-corrected chi connectivity index (χ4v) is 2.82. The fourth-order valence-electron chi connectivity index (χ4n) is 2.82. The largest absolute Gasteiger partial charge is 0.497 e. The molecule has 1 fully saturated rings. The maximum Gasteiger partial charge on any atom is 0.253 e. The molecule has 6 nitrogen and oxygen atoms in total. The summed E-state index contributed by atoms with van der Waals surface area (Å²) in [6, 6.07) is 7.32. The number of methoxy groups -OCH3 is 1. The average molecular weight is 316 g/mol. The Morgan fingerprint density at radius 2 is 2.26 bits per heavy atom. The number of nitrogens with zero attached hydrogens (tertiary/aromatic N) is 1. The highest BCUT2D eigenvalue weighted by atomic mass is 16.5. The van der Waals surface area contributed by atoms with E-state index in [0.717, 1.165) is 18.2 Å². The van der Waals surface area contributed by atoms with Crippen LogP contribution in [0.4, 0.5) is 0 Å². The number of H-pyrrole nitrogens is 1. The molecular weight excluding hydrogens is 296 g/mol. The van der Waals surface area contributed by atoms with E-state index in [1.54, 1.807) is 25.1 Å². The number of rotatable bonds is 4. The van der Waals surface area contributed by atoms with Gasteiger partial charge in [0, 0.05) is 25.3 Å². The highest BCUT2D eigenvalue weighted by Crippen LogP contribution is 2.19. The lowest BCUT2D eigenvalue weighted by molar-refractivity contribution is -0.140. The predicted octanol–water partition coefficient (Wildman–Crippen LogP) is 1.67. The molecule has 122 valence electrons. The SMILES string of the molecule is COc1ccc2cc(CN(C)C(=O)C3CCCO3)c(=O)[nH]c2c1. The molecule has 0 aliphatic carbocycles. The van der Waals surface area contributed by atoms with E-state index in [-0.39, 0.29) is 24.1 Å². The van der Waals surface area contributed by atoms with Crippen molar-refractivity contribution in [2.75, 3.05) is 20.8 Å². The number of likely N-dealkylation sites (N-methyl/N-ethyl adjacent to an activating group) is 1. The van der Waals surface area contributed by atoms with Gasteiger partial charge in [0.2, 0.25) is 0 Å². The molecule has 6 heteroatoms. The second-order valence-electron chi connectivity index (χ2n) is 5.77. The molecule has 0 saturated carbocycles. The van der Waals surface area contributed by atoms with Crippen LogP contribution in [0.3, 0.4) is 0 Å². The number of ether oxygens (including phenoxy) is 2. The van der Waals surface area contributed by atoms with Crippen molar-refractivity contribution in [1.82, 2.24) is 9.88 Å². The Bertz CT molecular complexity index is 778. The van der Waals surface area contributed by atoms with Gasteiger partial charge in [0.05, 0.1) is 19.2 Å². The quantitative estimate of drug-likeness (QED) is 0.931. The molecule has 1 N–H and O–H groups in total. The number of carbonyl (C=O) groups is 1. The molecule has 1 aliphatic heterocycles. The van der Waals surface area contributed by atoms with Gasteiger partial charge in [0.1, 0.15) is 11.9 Å². The van der Waals surface area contributed by atoms with Gasteiger partial charge in [-0.05, 0) is 36.4 Å². The molecule has 3 rings (SSSR count). The molecule has 1 unspecified atom stereocenters. The smallest absolute Gasteiger partial charge is 0.253 e. The molecule has 0 bridgehead atoms. The molecule has 1 amide bonds. The van der Waals surface area contributed by atoms with Crippen LogP contribution in [0.1, 0.15) is 18.4 Å². The Morgan fingerprint density at radius 3 is 2.96 bits per heavy atom. The third-order valence-corrected chi connectivity index (χ3v) is 4.12. The van der Waals surface area contributed by atoms with E-state index in [0.29, 0.717) is 23.4 Å². The van der Waals surface area contributed by atoms with Crippen molar-refractivity contribution >= 4 is 16.8 Å². The summed E-state index contributed by atoms with van der Waals surface area (Å²) in [6.45, 7) is 0.888. The maximum absolute atomic E-state index is 12.3. The minimum absolute atomic E-state index is 0.0725. The van der Waals surface area contributed by atoms with E-state index in [9.17, 15) is 9.59 Å². The zero-order chi connectivity index (χ0) is 16.4. The zero-order valence-electron chi connectivity index (χ0n) is 13.3. The molecule has 1 aromatic carbocycles. The first-order chi connectivity index (χ1) is 11.1. The van der Waals surface area contributed by atoms with Crippen LogP contribution in [-0.2, 0) is 16.1 Å². The first-order valence-corrected chi connectivity index (χ1v) is 7.65. The monoisotopic (exact) mass is 316 g/mol. The number of benzene rings is 1. The van der Waals surface area contributed by atoms with Crippen molar-refractivity contribution in [2.24, 2.45) is 0 Å². The Morgan fingerprint density at radius 1 is 1.43 bits per heavy atom. The van der Waals surface area contributed by atoms with Gasteiger partial charge >= 0.3 is 0 Å². The summed E-state index contributed by atoms with van der Waals surface area (Å²) in [4.78, 5) is 28.9. The van der Waals surface area contributed by atoms with Crippen LogP contribution < -0.4 is 10.3 Å². The van der Waals surface area contributed by atoms with Gasteiger partial charge in [-0.3, -0.25) is 9.59 Å². The van der Waals surface area contributed by atoms with E-state index in [2.05, 4.69) is 4.98 Å². The van der Waals surface area contributed by atoms with Crippen LogP contribution in [0.15, 0.2) is 29.1 Å². The molecular formula is C17H20N2O4. The first-order valence-electron chi connectivity index (χ1n) is 7.65. The van der Waals surface area contributed by atoms with Crippen molar-refractivity contribution in [3.8, 4) is 5.75 Å². The average Bonchev–Trinajstić information content (AvgIpc) is 3.08. The molecule has 0 radical (unpaired) electrons. The van der Waals surface area contributed by atoms with Crippen LogP contribution in [0.25, 0.3) is 10.9 Å². The van der Waals surface area contributed by atoms with Gasteiger partial charge in [-0.15, -0.1) is 0 Å². The number of carbonyl (C=O) groups excluding carboxylic acids is 1. The van der Waals surface area contributed by atoms with Gasteiger partial charge < -0.3 is 19.4 Å². The van der Waals surface area contributed by atoms with Crippen LogP contribution in [0.2, 0.25) is 0 Å². The topological polar surface area (TPSA) is 71.6 Å². The Kier molecular flexibility index (Phi) is 4.34. The summed E-state index contributed by atoms with van der Waals surface area (Å²) >= 11 is 0. The third-order valence-electron chi connectivity index (χ3n) is 4.12. The van der Waals surface area contributed by atoms with Crippen LogP contribution in [0, 0.1) is 0 Å². The molecule has 2 aromatic rings. The molecule has 1 aromatic heterocycles. The van der Waals surface area contributed by atoms with Gasteiger partial charge in [-0.1, -0.05) is 0 Å². The number of aromatic amines is 1. The minimum Gasteiger partial charge on any atom is -0.497 e. The van der Waals surface area contributed by atoms with Gasteiger partial charge in [-0.2, -0.15) is 0 Å². The Hall–Kier alpha value is -2.34. The van der Waals surface area contributed by atoms with E-state index in [4.69, 9.17) is 9.47 Å². The maximum atomic E-state index is 12.3. The van der Waals surface area contributed by atoms with Crippen molar-refractivity contribution in [1.29, 1.82) is 0 Å². The second-order valence-corrected chi connectivity index (χ2v) is 5.77. The summed E-state index contributed by atoms with van der Waals surface area (Å²) in [5, 5.41) is 0.901. The van der Waals surface area contributed by atoms with Crippen LogP contribution in [0.5, 0.6) is 5.75 Å². The minimum atomic E-state index is -0.371. The summed E-state index contributed by atoms with van der Waals surface area (Å²) in [5.41, 5.74) is 1.07. The first kappa shape index (κ1) is 15.6. The van der Waals surface area contributed by atoms with E-state index >= 15 is 0 Å². The number of fused-ring (bicyclic) bond motifs is 1. The summed E-state index contributed by atoms with van der Waals surface area (Å²) in [6.07, 6.45) is 1.28. The van der Waals surface area contributed by atoms with Crippen molar-refractivity contribution in [2.45, 2.75) is 25.5 Å². The summed E-state index contributed by atoms with van der Waals surface area (Å²) < 4.78 is 10.6. The molecule has 1 aliphatic rings. The second kappa shape index (κ2) is 6.42. The van der Waals surface area contributed by atoms with E-state index in [1.165, 1.54) is 0 Å². The molecule has 1 atom stereocenters. The van der Waals surface area contributed by atoms with Gasteiger partial charge in [0.15, 0.2) is 0 Å². The number of hydrogen-bond donors (Lipinski definition) is 1. The standard InChI is InChI=1S/C17H20N2O4/c1-19(17(21)15-4-3-7-23-15)10-12-8-11-5-6-13(22-2)9-14(11)18-16(12)20/h5-6,8-9,15H,3-4,7,10H2,1-2H3,(H,18,20). The summed E-state index contributed by atoms with van der Waals surface area (Å²) in [5.74, 6) is 0.614. The number of pyridine rings is 1. The van der Waals surface area contributed by atoms with Crippen molar-refractivity contribution in [3.05, 3.63) is 40.2 Å². The van der Waals surface area contributed by atoms with Gasteiger partial charge in [-0.25, -0.2) is 0 Å².